The standard InChI is InChI=1S/C24H23N3O4S/c1-31-18-7-3-5-15(11-18)22-19(12-21(29)27(22)16-8-9-16)23(30)26-24-25-20(13-32-24)14-4-2-6-17(28)10-14/h2-7,10-11,13,16,19,22,28H,8-9,12H2,1H3,(H,25,26,30)/t19-,22+/m1/s1. The number of phenols is 1. The van der Waals surface area contributed by atoms with Crippen molar-refractivity contribution in [1.82, 2.24) is 9.88 Å². The molecular weight excluding hydrogens is 426 g/mol. The summed E-state index contributed by atoms with van der Waals surface area (Å²) < 4.78 is 5.37. The average molecular weight is 450 g/mol. The van der Waals surface area contributed by atoms with E-state index in [9.17, 15) is 14.7 Å². The lowest BCUT2D eigenvalue weighted by molar-refractivity contribution is -0.129. The molecule has 1 aliphatic carbocycles. The number of hydrogen-bond acceptors (Lipinski definition) is 6. The van der Waals surface area contributed by atoms with Crippen LogP contribution in [0.25, 0.3) is 11.3 Å². The van der Waals surface area contributed by atoms with Crippen molar-refractivity contribution in [2.45, 2.75) is 31.3 Å². The number of amides is 2. The van der Waals surface area contributed by atoms with Crippen LogP contribution in [0.5, 0.6) is 11.5 Å². The third-order valence-electron chi connectivity index (χ3n) is 5.95. The molecular formula is C24H23N3O4S. The number of likely N-dealkylation sites (tertiary alicyclic amines) is 1. The molecule has 2 atom stereocenters. The topological polar surface area (TPSA) is 91.8 Å². The van der Waals surface area contributed by atoms with E-state index in [-0.39, 0.29) is 36.1 Å². The molecule has 2 aliphatic rings. The van der Waals surface area contributed by atoms with E-state index in [0.717, 1.165) is 24.0 Å². The van der Waals surface area contributed by atoms with Gasteiger partial charge < -0.3 is 20.1 Å². The fourth-order valence-electron chi connectivity index (χ4n) is 4.32. The van der Waals surface area contributed by atoms with Crippen LogP contribution in [-0.4, -0.2) is 40.0 Å². The first kappa shape index (κ1) is 20.5. The zero-order chi connectivity index (χ0) is 22.2. The van der Waals surface area contributed by atoms with E-state index in [0.29, 0.717) is 16.6 Å². The largest absolute Gasteiger partial charge is 0.508 e. The maximum atomic E-state index is 13.3. The molecule has 3 aromatic rings. The molecule has 1 saturated heterocycles. The highest BCUT2D eigenvalue weighted by Gasteiger charge is 2.49. The van der Waals surface area contributed by atoms with Crippen LogP contribution in [0.4, 0.5) is 5.13 Å². The molecule has 7 nitrogen and oxygen atoms in total. The maximum absolute atomic E-state index is 13.3. The number of carbonyl (C=O) groups is 2. The monoisotopic (exact) mass is 449 g/mol. The summed E-state index contributed by atoms with van der Waals surface area (Å²) >= 11 is 1.32. The van der Waals surface area contributed by atoms with Crippen LogP contribution in [0, 0.1) is 5.92 Å². The van der Waals surface area contributed by atoms with Crippen molar-refractivity contribution in [3.63, 3.8) is 0 Å². The molecule has 1 saturated carbocycles. The fourth-order valence-corrected chi connectivity index (χ4v) is 5.04. The summed E-state index contributed by atoms with van der Waals surface area (Å²) in [7, 11) is 1.61. The number of benzene rings is 2. The lowest BCUT2D eigenvalue weighted by Crippen LogP contribution is -2.33. The maximum Gasteiger partial charge on any atom is 0.232 e. The Labute approximate surface area is 189 Å². The number of aromatic hydroxyl groups is 1. The molecule has 2 N–H and O–H groups in total. The van der Waals surface area contributed by atoms with Crippen LogP contribution in [0.2, 0.25) is 0 Å². The van der Waals surface area contributed by atoms with Gasteiger partial charge in [0, 0.05) is 23.4 Å². The summed E-state index contributed by atoms with van der Waals surface area (Å²) in [6, 6.07) is 14.3. The molecule has 5 rings (SSSR count). The van der Waals surface area contributed by atoms with Gasteiger partial charge in [0.15, 0.2) is 5.13 Å². The number of carbonyl (C=O) groups excluding carboxylic acids is 2. The van der Waals surface area contributed by atoms with E-state index >= 15 is 0 Å². The van der Waals surface area contributed by atoms with Crippen molar-refractivity contribution < 1.29 is 19.4 Å². The van der Waals surface area contributed by atoms with E-state index in [4.69, 9.17) is 4.74 Å². The molecule has 1 aromatic heterocycles. The van der Waals surface area contributed by atoms with Crippen molar-refractivity contribution in [3.8, 4) is 22.8 Å². The van der Waals surface area contributed by atoms with Gasteiger partial charge in [0.1, 0.15) is 11.5 Å². The molecule has 0 unspecified atom stereocenters. The van der Waals surface area contributed by atoms with Crippen LogP contribution >= 0.6 is 11.3 Å². The summed E-state index contributed by atoms with van der Waals surface area (Å²) in [4.78, 5) is 32.5. The van der Waals surface area contributed by atoms with Crippen molar-refractivity contribution in [1.29, 1.82) is 0 Å². The SMILES string of the molecule is COc1cccc([C@H]2[C@H](C(=O)Nc3nc(-c4cccc(O)c4)cs3)CC(=O)N2C2CC2)c1. The van der Waals surface area contributed by atoms with Crippen molar-refractivity contribution in [2.75, 3.05) is 12.4 Å². The summed E-state index contributed by atoms with van der Waals surface area (Å²) in [6.07, 6.45) is 2.12. The average Bonchev–Trinajstić information content (AvgIpc) is 3.42. The van der Waals surface area contributed by atoms with E-state index < -0.39 is 5.92 Å². The lowest BCUT2D eigenvalue weighted by Gasteiger charge is -2.28. The van der Waals surface area contributed by atoms with Gasteiger partial charge >= 0.3 is 0 Å². The number of thiazole rings is 1. The normalized spacial score (nSPS) is 20.4. The van der Waals surface area contributed by atoms with Crippen molar-refractivity contribution in [3.05, 3.63) is 59.5 Å². The minimum absolute atomic E-state index is 0.0139. The summed E-state index contributed by atoms with van der Waals surface area (Å²) in [5.74, 6) is 0.147. The number of aromatic nitrogens is 1. The zero-order valence-corrected chi connectivity index (χ0v) is 18.3. The molecule has 2 heterocycles. The summed E-state index contributed by atoms with van der Waals surface area (Å²) in [6.45, 7) is 0. The molecule has 0 bridgehead atoms. The number of ether oxygens (including phenoxy) is 1. The lowest BCUT2D eigenvalue weighted by atomic mass is 9.92. The van der Waals surface area contributed by atoms with Gasteiger partial charge in [0.05, 0.1) is 24.8 Å². The van der Waals surface area contributed by atoms with Crippen LogP contribution < -0.4 is 10.1 Å². The first-order valence-corrected chi connectivity index (χ1v) is 11.4. The molecule has 164 valence electrons. The Morgan fingerprint density at radius 3 is 2.78 bits per heavy atom. The molecule has 2 aromatic carbocycles. The van der Waals surface area contributed by atoms with Crippen LogP contribution in [0.3, 0.4) is 0 Å². The molecule has 8 heteroatoms. The van der Waals surface area contributed by atoms with Crippen molar-refractivity contribution >= 4 is 28.3 Å². The van der Waals surface area contributed by atoms with E-state index in [1.807, 2.05) is 40.6 Å². The Balaban J connectivity index is 1.40. The molecule has 2 fully saturated rings. The van der Waals surface area contributed by atoms with Gasteiger partial charge in [0.2, 0.25) is 11.8 Å². The predicted octanol–water partition coefficient (Wildman–Crippen LogP) is 4.22. The number of nitrogens with zero attached hydrogens (tertiary/aromatic N) is 2. The van der Waals surface area contributed by atoms with Gasteiger partial charge in [0.25, 0.3) is 0 Å². The second-order valence-corrected chi connectivity index (χ2v) is 9.00. The van der Waals surface area contributed by atoms with Gasteiger partial charge in [-0.15, -0.1) is 11.3 Å². The van der Waals surface area contributed by atoms with E-state index in [1.165, 1.54) is 11.3 Å². The first-order chi connectivity index (χ1) is 15.5. The van der Waals surface area contributed by atoms with Gasteiger partial charge in [-0.05, 0) is 42.7 Å². The third kappa shape index (κ3) is 3.93. The van der Waals surface area contributed by atoms with Crippen LogP contribution in [-0.2, 0) is 9.59 Å². The summed E-state index contributed by atoms with van der Waals surface area (Å²) in [5.41, 5.74) is 2.35. The highest BCUT2D eigenvalue weighted by atomic mass is 32.1. The fraction of sp³-hybridized carbons (Fsp3) is 0.292. The minimum atomic E-state index is -0.511. The number of methoxy groups -OCH3 is 1. The highest BCUT2D eigenvalue weighted by Crippen LogP contribution is 2.46. The van der Waals surface area contributed by atoms with Crippen LogP contribution in [0.15, 0.2) is 53.9 Å². The van der Waals surface area contributed by atoms with E-state index in [1.54, 1.807) is 25.3 Å². The first-order valence-electron chi connectivity index (χ1n) is 10.5. The number of anilines is 1. The molecule has 32 heavy (non-hydrogen) atoms. The Morgan fingerprint density at radius 2 is 2.03 bits per heavy atom. The van der Waals surface area contributed by atoms with E-state index in [2.05, 4.69) is 10.3 Å². The smallest absolute Gasteiger partial charge is 0.232 e. The zero-order valence-electron chi connectivity index (χ0n) is 17.5. The quantitative estimate of drug-likeness (QED) is 0.588. The van der Waals surface area contributed by atoms with Crippen LogP contribution in [0.1, 0.15) is 30.9 Å². The predicted molar refractivity (Wildman–Crippen MR) is 122 cm³/mol. The minimum Gasteiger partial charge on any atom is -0.508 e. The molecule has 0 spiro atoms. The molecule has 0 radical (unpaired) electrons. The van der Waals surface area contributed by atoms with Crippen molar-refractivity contribution in [2.24, 2.45) is 5.92 Å². The van der Waals surface area contributed by atoms with Gasteiger partial charge in [-0.3, -0.25) is 9.59 Å². The van der Waals surface area contributed by atoms with Gasteiger partial charge in [-0.2, -0.15) is 0 Å². The number of nitrogens with one attached hydrogen (secondary N) is 1. The van der Waals surface area contributed by atoms with Gasteiger partial charge in [-0.1, -0.05) is 24.3 Å². The highest BCUT2D eigenvalue weighted by molar-refractivity contribution is 7.14. The molecule has 2 amide bonds. The number of hydrogen-bond donors (Lipinski definition) is 2. The Hall–Kier alpha value is -3.39. The Bertz CT molecular complexity index is 1170. The summed E-state index contributed by atoms with van der Waals surface area (Å²) in [5, 5.41) is 14.9. The Morgan fingerprint density at radius 1 is 1.22 bits per heavy atom. The third-order valence-corrected chi connectivity index (χ3v) is 6.71. The second kappa shape index (κ2) is 8.27. The molecule has 1 aliphatic heterocycles. The Kier molecular flexibility index (Phi) is 5.30. The number of rotatable bonds is 6. The number of phenolic OH excluding ortho intramolecular Hbond substituents is 1. The van der Waals surface area contributed by atoms with Gasteiger partial charge in [-0.25, -0.2) is 4.98 Å². The second-order valence-electron chi connectivity index (χ2n) is 8.14.